The van der Waals surface area contributed by atoms with Crippen molar-refractivity contribution in [3.63, 3.8) is 0 Å². The first-order valence-electron chi connectivity index (χ1n) is 9.47. The van der Waals surface area contributed by atoms with Crippen LogP contribution < -0.4 is 15.4 Å². The van der Waals surface area contributed by atoms with E-state index in [4.69, 9.17) is 10.5 Å². The van der Waals surface area contributed by atoms with Gasteiger partial charge in [-0.1, -0.05) is 0 Å². The molecule has 1 aliphatic heterocycles. The number of nitrogens with zero attached hydrogens (tertiary/aromatic N) is 3. The zero-order valence-electron chi connectivity index (χ0n) is 17.0. The molecule has 4 rings (SSSR count). The Hall–Kier alpha value is -3.39. The summed E-state index contributed by atoms with van der Waals surface area (Å²) in [5.74, 6) is 0.894. The van der Waals surface area contributed by atoms with Gasteiger partial charge in [0.1, 0.15) is 17.3 Å². The number of carbonyl (C=O) groups excluding carboxylic acids is 2. The van der Waals surface area contributed by atoms with Gasteiger partial charge in [0.25, 0.3) is 11.8 Å². The minimum atomic E-state index is -0.119. The molecule has 0 bridgehead atoms. The average Bonchev–Trinajstić information content (AvgIpc) is 3.10. The third-order valence-electron chi connectivity index (χ3n) is 4.96. The second-order valence-electron chi connectivity index (χ2n) is 7.26. The Bertz CT molecular complexity index is 1120. The van der Waals surface area contributed by atoms with Crippen molar-refractivity contribution >= 4 is 34.7 Å². The quantitative estimate of drug-likeness (QED) is 0.700. The van der Waals surface area contributed by atoms with Crippen molar-refractivity contribution in [2.24, 2.45) is 0 Å². The lowest BCUT2D eigenvalue weighted by Gasteiger charge is -2.17. The van der Waals surface area contributed by atoms with Crippen LogP contribution in [0.3, 0.4) is 0 Å². The highest BCUT2D eigenvalue weighted by molar-refractivity contribution is 7.17. The van der Waals surface area contributed by atoms with E-state index in [-0.39, 0.29) is 11.8 Å². The van der Waals surface area contributed by atoms with Gasteiger partial charge in [0.2, 0.25) is 0 Å². The molecule has 2 amide bonds. The molecule has 0 saturated heterocycles. The van der Waals surface area contributed by atoms with Crippen LogP contribution in [0, 0.1) is 0 Å². The average molecular weight is 423 g/mol. The number of pyridine rings is 1. The zero-order chi connectivity index (χ0) is 21.4. The maximum atomic E-state index is 13.1. The van der Waals surface area contributed by atoms with Gasteiger partial charge in [-0.2, -0.15) is 0 Å². The number of anilines is 2. The predicted molar refractivity (Wildman–Crippen MR) is 118 cm³/mol. The summed E-state index contributed by atoms with van der Waals surface area (Å²) in [5, 5.41) is 0. The minimum Gasteiger partial charge on any atom is -0.491 e. The van der Waals surface area contributed by atoms with Gasteiger partial charge >= 0.3 is 0 Å². The summed E-state index contributed by atoms with van der Waals surface area (Å²) in [5.41, 5.74) is 8.87. The zero-order valence-corrected chi connectivity index (χ0v) is 17.8. The van der Waals surface area contributed by atoms with Crippen LogP contribution in [0.2, 0.25) is 0 Å². The van der Waals surface area contributed by atoms with Crippen LogP contribution >= 0.6 is 11.3 Å². The van der Waals surface area contributed by atoms with E-state index in [1.54, 1.807) is 56.4 Å². The molecule has 0 atom stereocenters. The molecule has 30 heavy (non-hydrogen) atoms. The molecule has 3 aromatic rings. The van der Waals surface area contributed by atoms with Gasteiger partial charge in [0.05, 0.1) is 16.4 Å². The number of ether oxygens (including phenoxy) is 1. The van der Waals surface area contributed by atoms with Gasteiger partial charge < -0.3 is 20.3 Å². The lowest BCUT2D eigenvalue weighted by Crippen LogP contribution is -2.26. The first-order valence-corrected chi connectivity index (χ1v) is 10.3. The van der Waals surface area contributed by atoms with E-state index in [9.17, 15) is 9.59 Å². The normalized spacial score (nSPS) is 12.2. The van der Waals surface area contributed by atoms with E-state index in [0.29, 0.717) is 46.4 Å². The highest BCUT2D eigenvalue weighted by Crippen LogP contribution is 2.40. The van der Waals surface area contributed by atoms with Crippen molar-refractivity contribution in [1.29, 1.82) is 0 Å². The SMILES string of the molecule is CN(C)C(=O)c1ccc(N(C)C(=O)c2cc3c(s2)-c2nc(N)ccc2OCC3)cc1. The molecular formula is C22H22N4O3S. The van der Waals surface area contributed by atoms with Crippen molar-refractivity contribution in [3.8, 4) is 16.3 Å². The molecule has 0 radical (unpaired) electrons. The molecule has 0 spiro atoms. The number of fused-ring (bicyclic) bond motifs is 3. The first kappa shape index (κ1) is 19.9. The fourth-order valence-electron chi connectivity index (χ4n) is 3.30. The minimum absolute atomic E-state index is 0.0785. The molecule has 1 aliphatic rings. The van der Waals surface area contributed by atoms with Gasteiger partial charge in [-0.05, 0) is 48.0 Å². The van der Waals surface area contributed by atoms with Crippen LogP contribution in [0.25, 0.3) is 10.6 Å². The maximum absolute atomic E-state index is 13.1. The second kappa shape index (κ2) is 7.79. The Morgan fingerprint density at radius 2 is 1.80 bits per heavy atom. The van der Waals surface area contributed by atoms with Gasteiger partial charge in [0.15, 0.2) is 0 Å². The summed E-state index contributed by atoms with van der Waals surface area (Å²) >= 11 is 1.39. The molecular weight excluding hydrogens is 400 g/mol. The number of carbonyl (C=O) groups is 2. The summed E-state index contributed by atoms with van der Waals surface area (Å²) in [6, 6.07) is 12.4. The highest BCUT2D eigenvalue weighted by Gasteiger charge is 2.24. The molecule has 1 aromatic carbocycles. The monoisotopic (exact) mass is 422 g/mol. The lowest BCUT2D eigenvalue weighted by atomic mass is 10.1. The maximum Gasteiger partial charge on any atom is 0.268 e. The van der Waals surface area contributed by atoms with Crippen molar-refractivity contribution in [2.75, 3.05) is 38.4 Å². The van der Waals surface area contributed by atoms with E-state index in [2.05, 4.69) is 4.98 Å². The number of amides is 2. The van der Waals surface area contributed by atoms with Gasteiger partial charge in [-0.15, -0.1) is 11.3 Å². The van der Waals surface area contributed by atoms with Crippen LogP contribution in [-0.4, -0.2) is 49.4 Å². The Morgan fingerprint density at radius 3 is 2.50 bits per heavy atom. The number of hydrogen-bond donors (Lipinski definition) is 1. The van der Waals surface area contributed by atoms with Crippen molar-refractivity contribution in [2.45, 2.75) is 6.42 Å². The molecule has 7 nitrogen and oxygen atoms in total. The Balaban J connectivity index is 1.62. The summed E-state index contributed by atoms with van der Waals surface area (Å²) in [7, 11) is 5.14. The summed E-state index contributed by atoms with van der Waals surface area (Å²) in [6.07, 6.45) is 0.695. The molecule has 0 fully saturated rings. The number of nitrogens with two attached hydrogens (primary N) is 1. The van der Waals surface area contributed by atoms with E-state index in [1.807, 2.05) is 12.1 Å². The summed E-state index contributed by atoms with van der Waals surface area (Å²) < 4.78 is 5.77. The Labute approximate surface area is 178 Å². The van der Waals surface area contributed by atoms with Gasteiger partial charge in [0, 0.05) is 38.8 Å². The van der Waals surface area contributed by atoms with Crippen LogP contribution in [-0.2, 0) is 6.42 Å². The third kappa shape index (κ3) is 3.61. The third-order valence-corrected chi connectivity index (χ3v) is 6.13. The molecule has 2 aromatic heterocycles. The number of benzene rings is 1. The molecule has 8 heteroatoms. The van der Waals surface area contributed by atoms with Crippen LogP contribution in [0.4, 0.5) is 11.5 Å². The molecule has 154 valence electrons. The standard InChI is InChI=1S/C22H22N4O3S/c1-25(2)21(27)13-4-6-15(7-5-13)26(3)22(28)17-12-14-10-11-29-16-8-9-18(23)24-19(16)20(14)30-17/h4-9,12H,10-11H2,1-3H3,(H2,23,24). The largest absolute Gasteiger partial charge is 0.491 e. The number of rotatable bonds is 3. The Morgan fingerprint density at radius 1 is 1.07 bits per heavy atom. The number of nitrogen functional groups attached to an aromatic ring is 1. The fraction of sp³-hybridized carbons (Fsp3) is 0.227. The van der Waals surface area contributed by atoms with Crippen LogP contribution in [0.15, 0.2) is 42.5 Å². The van der Waals surface area contributed by atoms with Crippen LogP contribution in [0.5, 0.6) is 5.75 Å². The van der Waals surface area contributed by atoms with Crippen molar-refractivity contribution in [3.05, 3.63) is 58.5 Å². The molecule has 2 N–H and O–H groups in total. The van der Waals surface area contributed by atoms with E-state index in [1.165, 1.54) is 16.2 Å². The van der Waals surface area contributed by atoms with E-state index in [0.717, 1.165) is 10.4 Å². The van der Waals surface area contributed by atoms with Crippen molar-refractivity contribution in [1.82, 2.24) is 9.88 Å². The lowest BCUT2D eigenvalue weighted by molar-refractivity contribution is 0.0827. The summed E-state index contributed by atoms with van der Waals surface area (Å²) in [4.78, 5) is 34.3. The predicted octanol–water partition coefficient (Wildman–Crippen LogP) is 3.31. The number of thiophene rings is 1. The van der Waals surface area contributed by atoms with Crippen molar-refractivity contribution < 1.29 is 14.3 Å². The molecule has 0 saturated carbocycles. The summed E-state index contributed by atoms with van der Waals surface area (Å²) in [6.45, 7) is 0.521. The van der Waals surface area contributed by atoms with Gasteiger partial charge in [-0.3, -0.25) is 9.59 Å². The van der Waals surface area contributed by atoms with Crippen LogP contribution in [0.1, 0.15) is 25.6 Å². The topological polar surface area (TPSA) is 88.8 Å². The smallest absolute Gasteiger partial charge is 0.268 e. The fourth-order valence-corrected chi connectivity index (χ4v) is 4.48. The Kier molecular flexibility index (Phi) is 5.17. The molecule has 0 aliphatic carbocycles. The highest BCUT2D eigenvalue weighted by atomic mass is 32.1. The number of hydrogen-bond acceptors (Lipinski definition) is 6. The number of aromatic nitrogens is 1. The second-order valence-corrected chi connectivity index (χ2v) is 8.31. The molecule has 0 unspecified atom stereocenters. The van der Waals surface area contributed by atoms with Gasteiger partial charge in [-0.25, -0.2) is 4.98 Å². The molecule has 3 heterocycles. The first-order chi connectivity index (χ1) is 14.3. The van der Waals surface area contributed by atoms with E-state index >= 15 is 0 Å². The van der Waals surface area contributed by atoms with E-state index < -0.39 is 0 Å².